The Bertz CT molecular complexity index is 490. The third-order valence-electron chi connectivity index (χ3n) is 3.57. The molecule has 1 aliphatic rings. The molecule has 0 bridgehead atoms. The summed E-state index contributed by atoms with van der Waals surface area (Å²) in [4.78, 5) is 6.14. The Morgan fingerprint density at radius 3 is 2.85 bits per heavy atom. The van der Waals surface area contributed by atoms with Crippen LogP contribution in [0.15, 0.2) is 23.2 Å². The summed E-state index contributed by atoms with van der Waals surface area (Å²) in [5.74, 6) is -0.367. The highest BCUT2D eigenvalue weighted by molar-refractivity contribution is 5.79. The summed E-state index contributed by atoms with van der Waals surface area (Å²) in [7, 11) is 3.54. The van der Waals surface area contributed by atoms with Crippen LogP contribution >= 0.6 is 0 Å². The highest BCUT2D eigenvalue weighted by Crippen LogP contribution is 2.24. The minimum atomic E-state index is -0.802. The Labute approximate surface area is 117 Å². The lowest BCUT2D eigenvalue weighted by atomic mass is 10.1. The molecule has 1 aliphatic heterocycles. The zero-order valence-corrected chi connectivity index (χ0v) is 11.8. The number of aliphatic imine (C=N–C) groups is 1. The maximum absolute atomic E-state index is 13.2. The first-order valence-electron chi connectivity index (χ1n) is 6.72. The molecule has 0 saturated carbocycles. The van der Waals surface area contributed by atoms with E-state index in [4.69, 9.17) is 0 Å². The topological polar surface area (TPSA) is 39.7 Å². The summed E-state index contributed by atoms with van der Waals surface area (Å²) in [6.07, 6.45) is 1.02. The lowest BCUT2D eigenvalue weighted by Gasteiger charge is -2.19. The van der Waals surface area contributed by atoms with E-state index in [2.05, 4.69) is 20.5 Å². The molecule has 2 N–H and O–H groups in total. The Morgan fingerprint density at radius 1 is 1.40 bits per heavy atom. The minimum absolute atomic E-state index is 0.466. The largest absolute Gasteiger partial charge is 0.371 e. The van der Waals surface area contributed by atoms with Gasteiger partial charge in [-0.2, -0.15) is 0 Å². The van der Waals surface area contributed by atoms with Crippen molar-refractivity contribution in [2.45, 2.75) is 6.42 Å². The van der Waals surface area contributed by atoms with Gasteiger partial charge in [0.2, 0.25) is 0 Å². The first-order valence-corrected chi connectivity index (χ1v) is 6.72. The molecule has 1 fully saturated rings. The van der Waals surface area contributed by atoms with E-state index in [9.17, 15) is 8.78 Å². The van der Waals surface area contributed by atoms with Crippen LogP contribution in [-0.2, 0) is 0 Å². The Morgan fingerprint density at radius 2 is 2.20 bits per heavy atom. The summed E-state index contributed by atoms with van der Waals surface area (Å²) in [5.41, 5.74) is 0.740. The van der Waals surface area contributed by atoms with E-state index in [-0.39, 0.29) is 0 Å². The molecule has 4 nitrogen and oxygen atoms in total. The van der Waals surface area contributed by atoms with E-state index in [1.54, 1.807) is 13.1 Å². The molecule has 110 valence electrons. The molecule has 1 saturated heterocycles. The molecule has 0 spiro atoms. The van der Waals surface area contributed by atoms with E-state index in [0.717, 1.165) is 37.7 Å². The van der Waals surface area contributed by atoms with E-state index in [0.29, 0.717) is 5.92 Å². The molecule has 20 heavy (non-hydrogen) atoms. The van der Waals surface area contributed by atoms with Crippen LogP contribution in [0.4, 0.5) is 14.5 Å². The molecular weight excluding hydrogens is 262 g/mol. The van der Waals surface area contributed by atoms with Crippen molar-refractivity contribution in [1.82, 2.24) is 10.6 Å². The lowest BCUT2D eigenvalue weighted by Crippen LogP contribution is -2.38. The van der Waals surface area contributed by atoms with Gasteiger partial charge in [0, 0.05) is 45.5 Å². The molecule has 6 heteroatoms. The quantitative estimate of drug-likeness (QED) is 0.653. The number of nitrogens with one attached hydrogen (secondary N) is 2. The van der Waals surface area contributed by atoms with Gasteiger partial charge in [-0.1, -0.05) is 0 Å². The average molecular weight is 282 g/mol. The predicted octanol–water partition coefficient (Wildman–Crippen LogP) is 1.59. The molecular formula is C14H20F2N4. The highest BCUT2D eigenvalue weighted by Gasteiger charge is 2.23. The van der Waals surface area contributed by atoms with Gasteiger partial charge < -0.3 is 15.5 Å². The maximum atomic E-state index is 13.2. The van der Waals surface area contributed by atoms with E-state index in [1.165, 1.54) is 12.1 Å². The van der Waals surface area contributed by atoms with Gasteiger partial charge in [0.1, 0.15) is 0 Å². The zero-order chi connectivity index (χ0) is 14.5. The third-order valence-corrected chi connectivity index (χ3v) is 3.57. The van der Waals surface area contributed by atoms with Crippen molar-refractivity contribution >= 4 is 11.6 Å². The van der Waals surface area contributed by atoms with Gasteiger partial charge in [-0.15, -0.1) is 0 Å². The molecule has 0 amide bonds. The number of hydrogen-bond acceptors (Lipinski definition) is 2. The number of anilines is 1. The fourth-order valence-corrected chi connectivity index (χ4v) is 2.44. The summed E-state index contributed by atoms with van der Waals surface area (Å²) >= 11 is 0. The minimum Gasteiger partial charge on any atom is -0.371 e. The normalized spacial score (nSPS) is 19.3. The van der Waals surface area contributed by atoms with Gasteiger partial charge in [0.15, 0.2) is 17.6 Å². The van der Waals surface area contributed by atoms with Gasteiger partial charge in [-0.25, -0.2) is 8.78 Å². The fourth-order valence-electron chi connectivity index (χ4n) is 2.44. The van der Waals surface area contributed by atoms with Gasteiger partial charge in [0.25, 0.3) is 0 Å². The molecule has 1 aromatic carbocycles. The molecule has 0 aromatic heterocycles. The van der Waals surface area contributed by atoms with Crippen LogP contribution in [0.2, 0.25) is 0 Å². The highest BCUT2D eigenvalue weighted by atomic mass is 19.2. The molecule has 2 rings (SSSR count). The number of nitrogens with zero attached hydrogens (tertiary/aromatic N) is 2. The van der Waals surface area contributed by atoms with Crippen LogP contribution in [0, 0.1) is 17.6 Å². The van der Waals surface area contributed by atoms with Crippen molar-refractivity contribution in [3.63, 3.8) is 0 Å². The summed E-state index contributed by atoms with van der Waals surface area (Å²) < 4.78 is 26.2. The SMILES string of the molecule is CN=C(NC)NCC1CCN(c2ccc(F)c(F)c2)C1. The number of hydrogen-bond donors (Lipinski definition) is 2. The molecule has 1 atom stereocenters. The molecule has 1 aromatic rings. The van der Waals surface area contributed by atoms with Crippen LogP contribution in [0.1, 0.15) is 6.42 Å². The second-order valence-electron chi connectivity index (χ2n) is 4.90. The van der Waals surface area contributed by atoms with Crippen molar-refractivity contribution < 1.29 is 8.78 Å². The second kappa shape index (κ2) is 6.54. The number of halogens is 2. The first kappa shape index (κ1) is 14.6. The smallest absolute Gasteiger partial charge is 0.190 e. The molecule has 1 heterocycles. The summed E-state index contributed by atoms with van der Waals surface area (Å²) in [5, 5.41) is 6.20. The molecule has 0 radical (unpaired) electrons. The second-order valence-corrected chi connectivity index (χ2v) is 4.90. The van der Waals surface area contributed by atoms with Crippen LogP contribution in [0.3, 0.4) is 0 Å². The molecule has 1 unspecified atom stereocenters. The van der Waals surface area contributed by atoms with Crippen molar-refractivity contribution in [3.8, 4) is 0 Å². The van der Waals surface area contributed by atoms with Crippen molar-refractivity contribution in [2.24, 2.45) is 10.9 Å². The van der Waals surface area contributed by atoms with Gasteiger partial charge in [0.05, 0.1) is 0 Å². The maximum Gasteiger partial charge on any atom is 0.190 e. The van der Waals surface area contributed by atoms with Gasteiger partial charge >= 0.3 is 0 Å². The summed E-state index contributed by atoms with van der Waals surface area (Å²) in [6.45, 7) is 2.50. The third kappa shape index (κ3) is 3.37. The van der Waals surface area contributed by atoms with Crippen molar-refractivity contribution in [1.29, 1.82) is 0 Å². The van der Waals surface area contributed by atoms with E-state index >= 15 is 0 Å². The van der Waals surface area contributed by atoms with Gasteiger partial charge in [-0.05, 0) is 24.5 Å². The van der Waals surface area contributed by atoms with Crippen LogP contribution in [-0.4, -0.2) is 39.7 Å². The first-order chi connectivity index (χ1) is 9.63. The Kier molecular flexibility index (Phi) is 4.76. The van der Waals surface area contributed by atoms with E-state index < -0.39 is 11.6 Å². The van der Waals surface area contributed by atoms with Crippen molar-refractivity contribution in [2.75, 3.05) is 38.6 Å². The number of guanidine groups is 1. The standard InChI is InChI=1S/C14H20F2N4/c1-17-14(18-2)19-8-10-5-6-20(9-10)11-3-4-12(15)13(16)7-11/h3-4,7,10H,5-6,8-9H2,1-2H3,(H2,17,18,19). The Balaban J connectivity index is 1.90. The molecule has 0 aliphatic carbocycles. The number of benzene rings is 1. The Hall–Kier alpha value is -1.85. The van der Waals surface area contributed by atoms with Crippen molar-refractivity contribution in [3.05, 3.63) is 29.8 Å². The van der Waals surface area contributed by atoms with Gasteiger partial charge in [-0.3, -0.25) is 4.99 Å². The average Bonchev–Trinajstić information content (AvgIpc) is 2.92. The van der Waals surface area contributed by atoms with Crippen LogP contribution in [0.25, 0.3) is 0 Å². The fraction of sp³-hybridized carbons (Fsp3) is 0.500. The van der Waals surface area contributed by atoms with Crippen LogP contribution < -0.4 is 15.5 Å². The van der Waals surface area contributed by atoms with Crippen LogP contribution in [0.5, 0.6) is 0 Å². The number of rotatable bonds is 3. The zero-order valence-electron chi connectivity index (χ0n) is 11.8. The summed E-state index contributed by atoms with van der Waals surface area (Å²) in [6, 6.07) is 4.07. The predicted molar refractivity (Wildman–Crippen MR) is 77.1 cm³/mol. The lowest BCUT2D eigenvalue weighted by molar-refractivity contribution is 0.508. The monoisotopic (exact) mass is 282 g/mol. The van der Waals surface area contributed by atoms with E-state index in [1.807, 2.05) is 7.05 Å².